The number of benzene rings is 2. The Morgan fingerprint density at radius 3 is 2.64 bits per heavy atom. The Hall–Kier alpha value is -2.30. The average molecular weight is 560 g/mol. The minimum absolute atomic E-state index is 0.101. The van der Waals surface area contributed by atoms with Crippen molar-refractivity contribution < 1.29 is 13.2 Å². The number of halogens is 1. The van der Waals surface area contributed by atoms with Crippen LogP contribution in [0.1, 0.15) is 29.5 Å². The number of fused-ring (bicyclic) bond motifs is 1. The summed E-state index contributed by atoms with van der Waals surface area (Å²) >= 11 is 8.54. The maximum atomic E-state index is 14.0. The number of piperidine rings is 1. The highest BCUT2D eigenvalue weighted by molar-refractivity contribution is 7.91. The van der Waals surface area contributed by atoms with Crippen molar-refractivity contribution in [3.63, 3.8) is 0 Å². The zero-order valence-corrected chi connectivity index (χ0v) is 23.2. The van der Waals surface area contributed by atoms with Crippen LogP contribution in [-0.2, 0) is 21.4 Å². The average Bonchev–Trinajstić information content (AvgIpc) is 3.50. The molecule has 36 heavy (non-hydrogen) atoms. The Bertz CT molecular complexity index is 1520. The van der Waals surface area contributed by atoms with Crippen LogP contribution in [0.25, 0.3) is 10.2 Å². The van der Waals surface area contributed by atoms with Crippen LogP contribution in [0.2, 0.25) is 4.34 Å². The van der Waals surface area contributed by atoms with Crippen LogP contribution in [0.3, 0.4) is 0 Å². The molecule has 1 aliphatic heterocycles. The van der Waals surface area contributed by atoms with E-state index in [1.54, 1.807) is 11.0 Å². The number of sulfonamides is 1. The molecule has 10 heteroatoms. The summed E-state index contributed by atoms with van der Waals surface area (Å²) < 4.78 is 29.6. The maximum absolute atomic E-state index is 14.0. The Labute approximate surface area is 224 Å². The van der Waals surface area contributed by atoms with Crippen molar-refractivity contribution in [2.75, 3.05) is 18.0 Å². The highest BCUT2D eigenvalue weighted by Crippen LogP contribution is 2.35. The molecule has 1 unspecified atom stereocenters. The van der Waals surface area contributed by atoms with E-state index in [2.05, 4.69) is 13.0 Å². The van der Waals surface area contributed by atoms with Crippen LogP contribution in [0.4, 0.5) is 5.13 Å². The molecule has 0 radical (unpaired) electrons. The predicted octanol–water partition coefficient (Wildman–Crippen LogP) is 6.26. The first kappa shape index (κ1) is 25.4. The molecule has 1 atom stereocenters. The zero-order valence-electron chi connectivity index (χ0n) is 20.0. The SMILES string of the molecule is Cc1cc(C)c2sc(N(Cc3ccccc3)C(=O)C3CCCN(S(=O)(=O)c4ccc(Cl)s4)C3)nc2c1. The molecule has 6 nitrogen and oxygen atoms in total. The third-order valence-electron chi connectivity index (χ3n) is 6.37. The summed E-state index contributed by atoms with van der Waals surface area (Å²) in [5.41, 5.74) is 4.12. The number of hydrogen-bond acceptors (Lipinski definition) is 6. The molecule has 1 amide bonds. The minimum Gasteiger partial charge on any atom is -0.283 e. The van der Waals surface area contributed by atoms with Crippen molar-refractivity contribution in [1.29, 1.82) is 0 Å². The molecule has 2 aromatic heterocycles. The molecule has 0 bridgehead atoms. The number of carbonyl (C=O) groups excluding carboxylic acids is 1. The molecule has 0 aliphatic carbocycles. The van der Waals surface area contributed by atoms with E-state index in [9.17, 15) is 13.2 Å². The second kappa shape index (κ2) is 10.2. The second-order valence-electron chi connectivity index (χ2n) is 9.10. The molecule has 1 fully saturated rings. The fourth-order valence-electron chi connectivity index (χ4n) is 4.63. The topological polar surface area (TPSA) is 70.6 Å². The summed E-state index contributed by atoms with van der Waals surface area (Å²) in [6.45, 7) is 5.00. The smallest absolute Gasteiger partial charge is 0.252 e. The lowest BCUT2D eigenvalue weighted by Gasteiger charge is -2.33. The van der Waals surface area contributed by atoms with Gasteiger partial charge in [-0.3, -0.25) is 9.69 Å². The van der Waals surface area contributed by atoms with Gasteiger partial charge in [0.2, 0.25) is 5.91 Å². The monoisotopic (exact) mass is 559 g/mol. The number of nitrogens with zero attached hydrogens (tertiary/aromatic N) is 3. The molecule has 3 heterocycles. The van der Waals surface area contributed by atoms with Gasteiger partial charge in [-0.15, -0.1) is 11.3 Å². The molecule has 0 saturated carbocycles. The highest BCUT2D eigenvalue weighted by atomic mass is 35.5. The van der Waals surface area contributed by atoms with Gasteiger partial charge < -0.3 is 0 Å². The summed E-state index contributed by atoms with van der Waals surface area (Å²) in [6, 6.07) is 17.1. The summed E-state index contributed by atoms with van der Waals surface area (Å²) in [5, 5.41) is 0.637. The number of hydrogen-bond donors (Lipinski definition) is 0. The first-order valence-corrected chi connectivity index (χ1v) is 15.2. The largest absolute Gasteiger partial charge is 0.283 e. The van der Waals surface area contributed by atoms with Crippen LogP contribution < -0.4 is 4.90 Å². The number of thiophene rings is 1. The van der Waals surface area contributed by atoms with E-state index in [-0.39, 0.29) is 16.7 Å². The van der Waals surface area contributed by atoms with Gasteiger partial charge in [0.25, 0.3) is 10.0 Å². The van der Waals surface area contributed by atoms with Crippen molar-refractivity contribution in [2.24, 2.45) is 5.92 Å². The lowest BCUT2D eigenvalue weighted by atomic mass is 9.98. The molecule has 188 valence electrons. The quantitative estimate of drug-likeness (QED) is 0.279. The molecule has 2 aromatic carbocycles. The second-order valence-corrected chi connectivity index (χ2v) is 14.0. The third kappa shape index (κ3) is 5.08. The zero-order chi connectivity index (χ0) is 25.4. The van der Waals surface area contributed by atoms with Crippen molar-refractivity contribution in [3.05, 3.63) is 75.6 Å². The lowest BCUT2D eigenvalue weighted by Crippen LogP contribution is -2.46. The molecule has 5 rings (SSSR count). The Kier molecular flexibility index (Phi) is 7.20. The van der Waals surface area contributed by atoms with Gasteiger partial charge in [-0.2, -0.15) is 4.31 Å². The minimum atomic E-state index is -3.70. The van der Waals surface area contributed by atoms with Gasteiger partial charge >= 0.3 is 0 Å². The number of aromatic nitrogens is 1. The number of rotatable bonds is 6. The van der Waals surface area contributed by atoms with Gasteiger partial charge in [0.15, 0.2) is 5.13 Å². The Balaban J connectivity index is 1.47. The van der Waals surface area contributed by atoms with Crippen LogP contribution in [0.15, 0.2) is 58.8 Å². The lowest BCUT2D eigenvalue weighted by molar-refractivity contribution is -0.123. The summed E-state index contributed by atoms with van der Waals surface area (Å²) in [4.78, 5) is 20.6. The number of amides is 1. The van der Waals surface area contributed by atoms with E-state index in [0.717, 1.165) is 38.2 Å². The van der Waals surface area contributed by atoms with Crippen LogP contribution >= 0.6 is 34.3 Å². The fraction of sp³-hybridized carbons (Fsp3) is 0.308. The number of aryl methyl sites for hydroxylation is 2. The van der Waals surface area contributed by atoms with Crippen LogP contribution in [-0.4, -0.2) is 36.7 Å². The van der Waals surface area contributed by atoms with Crippen LogP contribution in [0, 0.1) is 19.8 Å². The Morgan fingerprint density at radius 1 is 1.14 bits per heavy atom. The maximum Gasteiger partial charge on any atom is 0.252 e. The van der Waals surface area contributed by atoms with Gasteiger partial charge in [-0.05, 0) is 61.6 Å². The van der Waals surface area contributed by atoms with E-state index in [0.29, 0.717) is 35.4 Å². The Morgan fingerprint density at radius 2 is 1.92 bits per heavy atom. The van der Waals surface area contributed by atoms with Crippen molar-refractivity contribution in [1.82, 2.24) is 9.29 Å². The first-order chi connectivity index (χ1) is 17.2. The molecule has 0 spiro atoms. The predicted molar refractivity (Wildman–Crippen MR) is 148 cm³/mol. The molecule has 1 aliphatic rings. The van der Waals surface area contributed by atoms with Gasteiger partial charge in [0.1, 0.15) is 4.21 Å². The summed E-state index contributed by atoms with van der Waals surface area (Å²) in [6.07, 6.45) is 1.25. The molecule has 0 N–H and O–H groups in total. The van der Waals surface area contributed by atoms with E-state index in [1.165, 1.54) is 21.7 Å². The van der Waals surface area contributed by atoms with E-state index < -0.39 is 15.9 Å². The fourth-order valence-corrected chi connectivity index (χ4v) is 8.81. The molecular formula is C26H26ClN3O3S3. The van der Waals surface area contributed by atoms with Gasteiger partial charge in [0.05, 0.1) is 27.0 Å². The number of thiazole rings is 1. The van der Waals surface area contributed by atoms with Crippen molar-refractivity contribution >= 4 is 65.6 Å². The normalized spacial score (nSPS) is 16.9. The third-order valence-corrected chi connectivity index (χ3v) is 11.2. The summed E-state index contributed by atoms with van der Waals surface area (Å²) in [5.74, 6) is -0.557. The van der Waals surface area contributed by atoms with Crippen molar-refractivity contribution in [2.45, 2.75) is 37.4 Å². The molecule has 1 saturated heterocycles. The van der Waals surface area contributed by atoms with Crippen molar-refractivity contribution in [3.8, 4) is 0 Å². The van der Waals surface area contributed by atoms with Gasteiger partial charge in [-0.25, -0.2) is 13.4 Å². The number of carbonyl (C=O) groups is 1. The van der Waals surface area contributed by atoms with Crippen LogP contribution in [0.5, 0.6) is 0 Å². The molecular weight excluding hydrogens is 534 g/mol. The standard InChI is InChI=1S/C26H26ClN3O3S3/c1-17-13-18(2)24-21(14-17)28-26(35-24)30(15-19-7-4-3-5-8-19)25(31)20-9-6-12-29(16-20)36(32,33)23-11-10-22(27)34-23/h3-5,7-8,10-11,13-14,20H,6,9,12,15-16H2,1-2H3. The highest BCUT2D eigenvalue weighted by Gasteiger charge is 2.37. The van der Waals surface area contributed by atoms with Gasteiger partial charge in [0, 0.05) is 13.1 Å². The van der Waals surface area contributed by atoms with Gasteiger partial charge in [-0.1, -0.05) is 59.3 Å². The van der Waals surface area contributed by atoms with E-state index in [4.69, 9.17) is 16.6 Å². The van der Waals surface area contributed by atoms with E-state index in [1.807, 2.05) is 43.3 Å². The van der Waals surface area contributed by atoms with E-state index >= 15 is 0 Å². The summed E-state index contributed by atoms with van der Waals surface area (Å²) in [7, 11) is -3.70. The molecule has 4 aromatic rings. The first-order valence-electron chi connectivity index (χ1n) is 11.7. The number of anilines is 1.